The second-order valence-corrected chi connectivity index (χ2v) is 4.91. The highest BCUT2D eigenvalue weighted by Crippen LogP contribution is 2.27. The standard InChI is InChI=1S/C16H16ClNO2/c1-11-7-13(16(19)15(17)8-11)10-18-9-12-3-5-14(20-2)6-4-12/h3-8,10,19H,9H2,1-2H3/b18-10+. The Hall–Kier alpha value is -2.00. The van der Waals surface area contributed by atoms with E-state index in [2.05, 4.69) is 4.99 Å². The van der Waals surface area contributed by atoms with Gasteiger partial charge in [0.15, 0.2) is 0 Å². The molecule has 0 radical (unpaired) electrons. The summed E-state index contributed by atoms with van der Waals surface area (Å²) >= 11 is 5.92. The molecule has 2 aromatic rings. The first-order valence-corrected chi connectivity index (χ1v) is 6.60. The predicted octanol–water partition coefficient (Wildman–Crippen LogP) is 3.98. The largest absolute Gasteiger partial charge is 0.506 e. The number of aryl methyl sites for hydroxylation is 1. The Labute approximate surface area is 123 Å². The highest BCUT2D eigenvalue weighted by molar-refractivity contribution is 6.32. The number of phenolic OH excluding ortho intramolecular Hbond substituents is 1. The van der Waals surface area contributed by atoms with Gasteiger partial charge in [-0.2, -0.15) is 0 Å². The number of hydrogen-bond donors (Lipinski definition) is 1. The van der Waals surface area contributed by atoms with Gasteiger partial charge in [0.25, 0.3) is 0 Å². The van der Waals surface area contributed by atoms with Gasteiger partial charge in [0.05, 0.1) is 18.7 Å². The Morgan fingerprint density at radius 1 is 1.25 bits per heavy atom. The van der Waals surface area contributed by atoms with E-state index >= 15 is 0 Å². The average Bonchev–Trinajstić information content (AvgIpc) is 2.44. The van der Waals surface area contributed by atoms with Crippen LogP contribution < -0.4 is 4.74 Å². The summed E-state index contributed by atoms with van der Waals surface area (Å²) in [5.74, 6) is 0.886. The van der Waals surface area contributed by atoms with E-state index in [9.17, 15) is 5.11 Å². The Morgan fingerprint density at radius 2 is 1.95 bits per heavy atom. The number of aromatic hydroxyl groups is 1. The molecule has 0 unspecified atom stereocenters. The highest BCUT2D eigenvalue weighted by Gasteiger charge is 2.04. The summed E-state index contributed by atoms with van der Waals surface area (Å²) in [5, 5.41) is 10.2. The van der Waals surface area contributed by atoms with Crippen LogP contribution in [0.1, 0.15) is 16.7 Å². The van der Waals surface area contributed by atoms with Crippen molar-refractivity contribution >= 4 is 17.8 Å². The fourth-order valence-electron chi connectivity index (χ4n) is 1.84. The zero-order valence-electron chi connectivity index (χ0n) is 11.4. The van der Waals surface area contributed by atoms with Gasteiger partial charge in [-0.3, -0.25) is 4.99 Å². The molecule has 3 nitrogen and oxygen atoms in total. The molecule has 0 bridgehead atoms. The number of nitrogens with zero attached hydrogens (tertiary/aromatic N) is 1. The lowest BCUT2D eigenvalue weighted by Gasteiger charge is -2.04. The fraction of sp³-hybridized carbons (Fsp3) is 0.188. The number of rotatable bonds is 4. The number of methoxy groups -OCH3 is 1. The van der Waals surface area contributed by atoms with Crippen molar-refractivity contribution in [3.63, 3.8) is 0 Å². The van der Waals surface area contributed by atoms with Gasteiger partial charge >= 0.3 is 0 Å². The minimum absolute atomic E-state index is 0.0655. The van der Waals surface area contributed by atoms with Crippen LogP contribution in [0.3, 0.4) is 0 Å². The Balaban J connectivity index is 2.09. The van der Waals surface area contributed by atoms with Gasteiger partial charge in [0, 0.05) is 11.8 Å². The summed E-state index contributed by atoms with van der Waals surface area (Å²) in [4.78, 5) is 4.33. The molecular weight excluding hydrogens is 274 g/mol. The Morgan fingerprint density at radius 3 is 2.60 bits per heavy atom. The van der Waals surface area contributed by atoms with Gasteiger partial charge in [-0.05, 0) is 42.3 Å². The van der Waals surface area contributed by atoms with Crippen molar-refractivity contribution < 1.29 is 9.84 Å². The van der Waals surface area contributed by atoms with E-state index in [1.54, 1.807) is 19.4 Å². The summed E-state index contributed by atoms with van der Waals surface area (Å²) in [6.45, 7) is 2.46. The SMILES string of the molecule is COc1ccc(C/N=C/c2cc(C)cc(Cl)c2O)cc1. The first-order valence-electron chi connectivity index (χ1n) is 6.22. The van der Waals surface area contributed by atoms with Crippen LogP contribution in [0.2, 0.25) is 5.02 Å². The molecular formula is C16H16ClNO2. The molecule has 2 aromatic carbocycles. The molecule has 4 heteroatoms. The molecule has 0 aliphatic rings. The highest BCUT2D eigenvalue weighted by atomic mass is 35.5. The molecule has 0 aromatic heterocycles. The molecule has 0 heterocycles. The lowest BCUT2D eigenvalue weighted by Crippen LogP contribution is -1.88. The third kappa shape index (κ3) is 3.52. The van der Waals surface area contributed by atoms with E-state index in [0.717, 1.165) is 16.9 Å². The lowest BCUT2D eigenvalue weighted by atomic mass is 10.1. The first kappa shape index (κ1) is 14.4. The molecule has 0 amide bonds. The Kier molecular flexibility index (Phi) is 4.64. The quantitative estimate of drug-likeness (QED) is 0.865. The first-order chi connectivity index (χ1) is 9.60. The van der Waals surface area contributed by atoms with E-state index in [1.807, 2.05) is 37.3 Å². The Bertz CT molecular complexity index is 621. The van der Waals surface area contributed by atoms with Crippen molar-refractivity contribution in [3.05, 3.63) is 58.1 Å². The summed E-state index contributed by atoms with van der Waals surface area (Å²) < 4.78 is 5.10. The van der Waals surface area contributed by atoms with Crippen LogP contribution in [0.15, 0.2) is 41.4 Å². The zero-order valence-corrected chi connectivity index (χ0v) is 12.2. The number of benzene rings is 2. The van der Waals surface area contributed by atoms with Crippen LogP contribution >= 0.6 is 11.6 Å². The smallest absolute Gasteiger partial charge is 0.142 e. The zero-order chi connectivity index (χ0) is 14.5. The number of hydrogen-bond acceptors (Lipinski definition) is 3. The molecule has 104 valence electrons. The number of halogens is 1. The summed E-state index contributed by atoms with van der Waals surface area (Å²) in [5.41, 5.74) is 2.68. The van der Waals surface area contributed by atoms with Crippen LogP contribution in [0, 0.1) is 6.92 Å². The van der Waals surface area contributed by atoms with Crippen molar-refractivity contribution in [2.24, 2.45) is 4.99 Å². The minimum Gasteiger partial charge on any atom is -0.506 e. The second kappa shape index (κ2) is 6.44. The number of phenols is 1. The summed E-state index contributed by atoms with van der Waals surface area (Å²) in [6.07, 6.45) is 1.64. The molecule has 0 fully saturated rings. The average molecular weight is 290 g/mol. The maximum Gasteiger partial charge on any atom is 0.142 e. The van der Waals surface area contributed by atoms with E-state index in [0.29, 0.717) is 17.1 Å². The fourth-order valence-corrected chi connectivity index (χ4v) is 2.12. The van der Waals surface area contributed by atoms with Crippen molar-refractivity contribution in [2.75, 3.05) is 7.11 Å². The normalized spacial score (nSPS) is 10.9. The number of aliphatic imine (C=N–C) groups is 1. The van der Waals surface area contributed by atoms with Gasteiger partial charge in [-0.15, -0.1) is 0 Å². The van der Waals surface area contributed by atoms with Gasteiger partial charge in [0.1, 0.15) is 11.5 Å². The molecule has 0 atom stereocenters. The molecule has 0 aliphatic heterocycles. The van der Waals surface area contributed by atoms with Gasteiger partial charge < -0.3 is 9.84 Å². The molecule has 0 aliphatic carbocycles. The number of ether oxygens (including phenoxy) is 1. The third-order valence-corrected chi connectivity index (χ3v) is 3.19. The summed E-state index contributed by atoms with van der Waals surface area (Å²) in [6, 6.07) is 11.3. The van der Waals surface area contributed by atoms with Gasteiger partial charge in [0.2, 0.25) is 0 Å². The van der Waals surface area contributed by atoms with Crippen molar-refractivity contribution in [1.29, 1.82) is 0 Å². The maximum absolute atomic E-state index is 9.85. The minimum atomic E-state index is 0.0655. The van der Waals surface area contributed by atoms with E-state index in [1.165, 1.54) is 0 Å². The van der Waals surface area contributed by atoms with Crippen LogP contribution in [0.5, 0.6) is 11.5 Å². The molecule has 20 heavy (non-hydrogen) atoms. The van der Waals surface area contributed by atoms with Crippen molar-refractivity contribution in [3.8, 4) is 11.5 Å². The van der Waals surface area contributed by atoms with E-state index < -0.39 is 0 Å². The lowest BCUT2D eigenvalue weighted by molar-refractivity contribution is 0.414. The van der Waals surface area contributed by atoms with E-state index in [4.69, 9.17) is 16.3 Å². The summed E-state index contributed by atoms with van der Waals surface area (Å²) in [7, 11) is 1.64. The van der Waals surface area contributed by atoms with Crippen LogP contribution in [-0.4, -0.2) is 18.4 Å². The van der Waals surface area contributed by atoms with Crippen LogP contribution in [-0.2, 0) is 6.54 Å². The topological polar surface area (TPSA) is 41.8 Å². The van der Waals surface area contributed by atoms with E-state index in [-0.39, 0.29) is 5.75 Å². The molecule has 0 saturated carbocycles. The molecule has 0 spiro atoms. The predicted molar refractivity (Wildman–Crippen MR) is 82.1 cm³/mol. The maximum atomic E-state index is 9.85. The molecule has 0 saturated heterocycles. The van der Waals surface area contributed by atoms with Crippen molar-refractivity contribution in [2.45, 2.75) is 13.5 Å². The monoisotopic (exact) mass is 289 g/mol. The second-order valence-electron chi connectivity index (χ2n) is 4.50. The van der Waals surface area contributed by atoms with Crippen molar-refractivity contribution in [1.82, 2.24) is 0 Å². The molecule has 1 N–H and O–H groups in total. The van der Waals surface area contributed by atoms with Crippen LogP contribution in [0.4, 0.5) is 0 Å². The van der Waals surface area contributed by atoms with Gasteiger partial charge in [-0.1, -0.05) is 23.7 Å². The van der Waals surface area contributed by atoms with Gasteiger partial charge in [-0.25, -0.2) is 0 Å². The third-order valence-electron chi connectivity index (χ3n) is 2.90. The molecule has 2 rings (SSSR count). The van der Waals surface area contributed by atoms with Crippen LogP contribution in [0.25, 0.3) is 0 Å².